The number of hydrogen-bond donors (Lipinski definition) is 0. The van der Waals surface area contributed by atoms with Gasteiger partial charge in [0, 0.05) is 11.2 Å². The number of carbonyl (C=O) groups excluding carboxylic acids is 1. The lowest BCUT2D eigenvalue weighted by atomic mass is 10.3. The first-order chi connectivity index (χ1) is 7.75. The number of benzene rings is 1. The van der Waals surface area contributed by atoms with Crippen LogP contribution in [0.2, 0.25) is 5.02 Å². The molecule has 0 fully saturated rings. The highest BCUT2D eigenvalue weighted by atomic mass is 35.5. The zero-order valence-electron chi connectivity index (χ0n) is 8.13. The van der Waals surface area contributed by atoms with Gasteiger partial charge in [-0.3, -0.25) is 0 Å². The molecule has 0 atom stereocenters. The minimum atomic E-state index is -0.523. The van der Waals surface area contributed by atoms with Crippen LogP contribution in [0.25, 0.3) is 0 Å². The van der Waals surface area contributed by atoms with Crippen molar-refractivity contribution in [2.24, 2.45) is 0 Å². The van der Waals surface area contributed by atoms with Gasteiger partial charge in [-0.15, -0.1) is 0 Å². The third-order valence-corrected chi connectivity index (χ3v) is 2.07. The van der Waals surface area contributed by atoms with E-state index >= 15 is 0 Å². The second-order valence-corrected chi connectivity index (χ2v) is 3.37. The van der Waals surface area contributed by atoms with Crippen LogP contribution in [0.3, 0.4) is 0 Å². The summed E-state index contributed by atoms with van der Waals surface area (Å²) >= 11 is 5.70. The van der Waals surface area contributed by atoms with Crippen molar-refractivity contribution in [3.63, 3.8) is 0 Å². The van der Waals surface area contributed by atoms with Crippen molar-refractivity contribution in [2.75, 3.05) is 0 Å². The Bertz CT molecular complexity index is 485. The topological polar surface area (TPSA) is 52.1 Å². The van der Waals surface area contributed by atoms with Gasteiger partial charge < -0.3 is 4.74 Å². The van der Waals surface area contributed by atoms with Crippen molar-refractivity contribution >= 4 is 17.6 Å². The molecule has 80 valence electrons. The van der Waals surface area contributed by atoms with Crippen molar-refractivity contribution < 1.29 is 9.53 Å². The molecule has 0 aliphatic carbocycles. The average molecular weight is 235 g/mol. The predicted molar refractivity (Wildman–Crippen MR) is 58.4 cm³/mol. The van der Waals surface area contributed by atoms with Crippen molar-refractivity contribution in [1.82, 2.24) is 9.97 Å². The fraction of sp³-hybridized carbons (Fsp3) is 0. The van der Waals surface area contributed by atoms with E-state index < -0.39 is 5.97 Å². The Labute approximate surface area is 96.9 Å². The lowest BCUT2D eigenvalue weighted by Crippen LogP contribution is -2.10. The maximum absolute atomic E-state index is 11.6. The van der Waals surface area contributed by atoms with Crippen LogP contribution >= 0.6 is 11.6 Å². The molecule has 2 aromatic rings. The molecular formula is C11H7ClN2O2. The van der Waals surface area contributed by atoms with Crippen molar-refractivity contribution in [3.05, 3.63) is 53.6 Å². The molecule has 0 saturated carbocycles. The number of esters is 1. The number of carbonyl (C=O) groups is 1. The maximum Gasteiger partial charge on any atom is 0.362 e. The monoisotopic (exact) mass is 234 g/mol. The molecule has 1 aromatic carbocycles. The quantitative estimate of drug-likeness (QED) is 0.591. The summed E-state index contributed by atoms with van der Waals surface area (Å²) in [6, 6.07) is 8.00. The van der Waals surface area contributed by atoms with E-state index in [0.29, 0.717) is 10.8 Å². The standard InChI is InChI=1S/C11H7ClN2O2/c12-8-1-3-9(4-2-8)16-11(15)10-5-6-13-7-14-10/h1-7H. The molecule has 0 saturated heterocycles. The highest BCUT2D eigenvalue weighted by molar-refractivity contribution is 6.30. The SMILES string of the molecule is O=C(Oc1ccc(Cl)cc1)c1ccncn1. The van der Waals surface area contributed by atoms with Crippen LogP contribution in [-0.2, 0) is 0 Å². The van der Waals surface area contributed by atoms with Crippen LogP contribution in [0.4, 0.5) is 0 Å². The molecule has 1 aromatic heterocycles. The molecule has 2 rings (SSSR count). The van der Waals surface area contributed by atoms with E-state index in [9.17, 15) is 4.79 Å². The average Bonchev–Trinajstić information content (AvgIpc) is 2.33. The van der Waals surface area contributed by atoms with Gasteiger partial charge in [0.25, 0.3) is 0 Å². The minimum Gasteiger partial charge on any atom is -0.422 e. The zero-order chi connectivity index (χ0) is 11.4. The summed E-state index contributed by atoms with van der Waals surface area (Å²) in [5.41, 5.74) is 0.213. The second kappa shape index (κ2) is 4.72. The van der Waals surface area contributed by atoms with E-state index in [4.69, 9.17) is 16.3 Å². The summed E-state index contributed by atoms with van der Waals surface area (Å²) in [6.45, 7) is 0. The van der Waals surface area contributed by atoms with E-state index in [-0.39, 0.29) is 5.69 Å². The van der Waals surface area contributed by atoms with E-state index in [2.05, 4.69) is 9.97 Å². The van der Waals surface area contributed by atoms with Crippen LogP contribution in [0.1, 0.15) is 10.5 Å². The van der Waals surface area contributed by atoms with Crippen LogP contribution in [0.5, 0.6) is 5.75 Å². The number of hydrogen-bond acceptors (Lipinski definition) is 4. The van der Waals surface area contributed by atoms with Gasteiger partial charge in [-0.05, 0) is 30.3 Å². The molecule has 0 bridgehead atoms. The van der Waals surface area contributed by atoms with Crippen LogP contribution in [0, 0.1) is 0 Å². The van der Waals surface area contributed by atoms with Crippen LogP contribution in [-0.4, -0.2) is 15.9 Å². The predicted octanol–water partition coefficient (Wildman–Crippen LogP) is 2.35. The molecule has 0 aliphatic heterocycles. The number of halogens is 1. The van der Waals surface area contributed by atoms with Gasteiger partial charge in [0.15, 0.2) is 5.69 Å². The Kier molecular flexibility index (Phi) is 3.12. The van der Waals surface area contributed by atoms with Gasteiger partial charge in [0.1, 0.15) is 12.1 Å². The Morgan fingerprint density at radius 1 is 1.19 bits per heavy atom. The first-order valence-electron chi connectivity index (χ1n) is 4.49. The van der Waals surface area contributed by atoms with Crippen LogP contribution in [0.15, 0.2) is 42.9 Å². The van der Waals surface area contributed by atoms with E-state index in [1.54, 1.807) is 24.3 Å². The zero-order valence-corrected chi connectivity index (χ0v) is 8.89. The summed E-state index contributed by atoms with van der Waals surface area (Å²) in [7, 11) is 0. The van der Waals surface area contributed by atoms with E-state index in [0.717, 1.165) is 0 Å². The Morgan fingerprint density at radius 3 is 2.56 bits per heavy atom. The molecule has 0 spiro atoms. The Balaban J connectivity index is 2.11. The summed E-state index contributed by atoms with van der Waals surface area (Å²) in [5.74, 6) is -0.0993. The largest absolute Gasteiger partial charge is 0.422 e. The van der Waals surface area contributed by atoms with E-state index in [1.165, 1.54) is 18.6 Å². The molecule has 0 unspecified atom stereocenters. The molecule has 1 heterocycles. The van der Waals surface area contributed by atoms with Gasteiger partial charge in [0.05, 0.1) is 0 Å². The number of rotatable bonds is 2. The molecule has 0 aliphatic rings. The van der Waals surface area contributed by atoms with Crippen molar-refractivity contribution in [2.45, 2.75) is 0 Å². The Morgan fingerprint density at radius 2 is 1.94 bits per heavy atom. The first-order valence-corrected chi connectivity index (χ1v) is 4.87. The summed E-state index contributed by atoms with van der Waals surface area (Å²) < 4.78 is 5.07. The lowest BCUT2D eigenvalue weighted by Gasteiger charge is -2.02. The van der Waals surface area contributed by atoms with Gasteiger partial charge in [0.2, 0.25) is 0 Å². The lowest BCUT2D eigenvalue weighted by molar-refractivity contribution is 0.0728. The fourth-order valence-electron chi connectivity index (χ4n) is 1.07. The number of nitrogens with zero attached hydrogens (tertiary/aromatic N) is 2. The number of aromatic nitrogens is 2. The third-order valence-electron chi connectivity index (χ3n) is 1.82. The maximum atomic E-state index is 11.6. The first kappa shape index (κ1) is 10.6. The minimum absolute atomic E-state index is 0.213. The van der Waals surface area contributed by atoms with Gasteiger partial charge >= 0.3 is 5.97 Å². The second-order valence-electron chi connectivity index (χ2n) is 2.94. The van der Waals surface area contributed by atoms with Crippen molar-refractivity contribution in [1.29, 1.82) is 0 Å². The molecule has 0 amide bonds. The highest BCUT2D eigenvalue weighted by Crippen LogP contribution is 2.16. The molecule has 16 heavy (non-hydrogen) atoms. The van der Waals surface area contributed by atoms with E-state index in [1.807, 2.05) is 0 Å². The van der Waals surface area contributed by atoms with Crippen molar-refractivity contribution in [3.8, 4) is 5.75 Å². The Hall–Kier alpha value is -1.94. The highest BCUT2D eigenvalue weighted by Gasteiger charge is 2.08. The molecule has 0 N–H and O–H groups in total. The summed E-state index contributed by atoms with van der Waals surface area (Å²) in [4.78, 5) is 19.0. The van der Waals surface area contributed by atoms with Gasteiger partial charge in [-0.1, -0.05) is 11.6 Å². The number of ether oxygens (including phenoxy) is 1. The smallest absolute Gasteiger partial charge is 0.362 e. The van der Waals surface area contributed by atoms with Gasteiger partial charge in [-0.2, -0.15) is 0 Å². The fourth-order valence-corrected chi connectivity index (χ4v) is 1.20. The normalized spacial score (nSPS) is 9.81. The summed E-state index contributed by atoms with van der Waals surface area (Å²) in [5, 5.41) is 0.585. The third kappa shape index (κ3) is 2.55. The van der Waals surface area contributed by atoms with Crippen LogP contribution < -0.4 is 4.74 Å². The van der Waals surface area contributed by atoms with Gasteiger partial charge in [-0.25, -0.2) is 14.8 Å². The molecular weight excluding hydrogens is 228 g/mol. The molecule has 4 nitrogen and oxygen atoms in total. The molecule has 0 radical (unpaired) electrons. The molecule has 5 heteroatoms. The summed E-state index contributed by atoms with van der Waals surface area (Å²) in [6.07, 6.45) is 2.77.